The highest BCUT2D eigenvalue weighted by molar-refractivity contribution is 5.72. The Kier molecular flexibility index (Phi) is 4.58. The first kappa shape index (κ1) is 12.5. The highest BCUT2D eigenvalue weighted by atomic mass is 16.5. The summed E-state index contributed by atoms with van der Waals surface area (Å²) in [6, 6.07) is 0. The minimum Gasteiger partial charge on any atom is -0.469 e. The summed E-state index contributed by atoms with van der Waals surface area (Å²) in [5, 5.41) is 0. The first-order valence-electron chi connectivity index (χ1n) is 5.83. The van der Waals surface area contributed by atoms with Gasteiger partial charge in [0.2, 0.25) is 0 Å². The standard InChI is InChI=1S/C12H23NO2/c1-9-5-10(2)7-13(6-9)8-11(3)12(14)15-4/h9-11H,5-8H2,1-4H3. The molecule has 3 nitrogen and oxygen atoms in total. The molecule has 0 aliphatic carbocycles. The maximum absolute atomic E-state index is 11.3. The molecule has 3 atom stereocenters. The summed E-state index contributed by atoms with van der Waals surface area (Å²) >= 11 is 0. The normalized spacial score (nSPS) is 29.9. The molecule has 3 heteroatoms. The zero-order chi connectivity index (χ0) is 11.4. The lowest BCUT2D eigenvalue weighted by atomic mass is 9.91. The fraction of sp³-hybridized carbons (Fsp3) is 0.917. The number of esters is 1. The maximum Gasteiger partial charge on any atom is 0.309 e. The molecule has 15 heavy (non-hydrogen) atoms. The Morgan fingerprint density at radius 2 is 1.93 bits per heavy atom. The van der Waals surface area contributed by atoms with Gasteiger partial charge in [-0.15, -0.1) is 0 Å². The van der Waals surface area contributed by atoms with Crippen molar-refractivity contribution >= 4 is 5.97 Å². The second-order valence-electron chi connectivity index (χ2n) is 5.09. The molecule has 1 aliphatic rings. The fourth-order valence-corrected chi connectivity index (χ4v) is 2.60. The molecular weight excluding hydrogens is 190 g/mol. The number of piperidine rings is 1. The number of methoxy groups -OCH3 is 1. The van der Waals surface area contributed by atoms with Crippen LogP contribution in [0.2, 0.25) is 0 Å². The smallest absolute Gasteiger partial charge is 0.309 e. The summed E-state index contributed by atoms with van der Waals surface area (Å²) in [5.41, 5.74) is 0. The highest BCUT2D eigenvalue weighted by Gasteiger charge is 2.24. The summed E-state index contributed by atoms with van der Waals surface area (Å²) in [7, 11) is 1.46. The van der Waals surface area contributed by atoms with Crippen molar-refractivity contribution in [3.8, 4) is 0 Å². The predicted octanol–water partition coefficient (Wildman–Crippen LogP) is 1.77. The molecule has 1 saturated heterocycles. The number of hydrogen-bond acceptors (Lipinski definition) is 3. The Labute approximate surface area is 92.8 Å². The second-order valence-corrected chi connectivity index (χ2v) is 5.09. The van der Waals surface area contributed by atoms with Gasteiger partial charge < -0.3 is 9.64 Å². The van der Waals surface area contributed by atoms with E-state index in [0.29, 0.717) is 0 Å². The molecular formula is C12H23NO2. The number of ether oxygens (including phenoxy) is 1. The molecule has 0 amide bonds. The molecule has 1 fully saturated rings. The Morgan fingerprint density at radius 3 is 2.40 bits per heavy atom. The van der Waals surface area contributed by atoms with E-state index in [1.54, 1.807) is 0 Å². The van der Waals surface area contributed by atoms with Gasteiger partial charge in [-0.05, 0) is 18.3 Å². The minimum atomic E-state index is -0.0964. The first-order valence-corrected chi connectivity index (χ1v) is 5.83. The van der Waals surface area contributed by atoms with Gasteiger partial charge in [-0.3, -0.25) is 4.79 Å². The first-order chi connectivity index (χ1) is 7.02. The molecule has 0 spiro atoms. The molecule has 0 bridgehead atoms. The van der Waals surface area contributed by atoms with Crippen molar-refractivity contribution in [1.82, 2.24) is 4.90 Å². The van der Waals surface area contributed by atoms with Crippen molar-refractivity contribution in [2.24, 2.45) is 17.8 Å². The lowest BCUT2D eigenvalue weighted by Gasteiger charge is -2.35. The van der Waals surface area contributed by atoms with Crippen molar-refractivity contribution in [2.75, 3.05) is 26.7 Å². The molecule has 1 aliphatic heterocycles. The largest absolute Gasteiger partial charge is 0.469 e. The van der Waals surface area contributed by atoms with Gasteiger partial charge in [-0.2, -0.15) is 0 Å². The lowest BCUT2D eigenvalue weighted by Crippen LogP contribution is -2.42. The average molecular weight is 213 g/mol. The predicted molar refractivity (Wildman–Crippen MR) is 60.6 cm³/mol. The van der Waals surface area contributed by atoms with Gasteiger partial charge in [-0.1, -0.05) is 20.8 Å². The summed E-state index contributed by atoms with van der Waals surface area (Å²) in [6.07, 6.45) is 1.31. The van der Waals surface area contributed by atoms with E-state index in [-0.39, 0.29) is 11.9 Å². The number of rotatable bonds is 3. The van der Waals surface area contributed by atoms with Crippen LogP contribution < -0.4 is 0 Å². The van der Waals surface area contributed by atoms with Crippen LogP contribution in [0.4, 0.5) is 0 Å². The monoisotopic (exact) mass is 213 g/mol. The van der Waals surface area contributed by atoms with Gasteiger partial charge in [0, 0.05) is 19.6 Å². The van der Waals surface area contributed by atoms with E-state index in [1.165, 1.54) is 13.5 Å². The van der Waals surface area contributed by atoms with Gasteiger partial charge in [0.05, 0.1) is 13.0 Å². The van der Waals surface area contributed by atoms with Crippen LogP contribution in [-0.4, -0.2) is 37.6 Å². The second kappa shape index (κ2) is 5.50. The highest BCUT2D eigenvalue weighted by Crippen LogP contribution is 2.21. The zero-order valence-corrected chi connectivity index (χ0v) is 10.3. The molecule has 1 heterocycles. The molecule has 0 radical (unpaired) electrons. The van der Waals surface area contributed by atoms with E-state index < -0.39 is 0 Å². The van der Waals surface area contributed by atoms with Crippen molar-refractivity contribution in [3.63, 3.8) is 0 Å². The fourth-order valence-electron chi connectivity index (χ4n) is 2.60. The van der Waals surface area contributed by atoms with Crippen molar-refractivity contribution in [1.29, 1.82) is 0 Å². The van der Waals surface area contributed by atoms with Crippen LogP contribution >= 0.6 is 0 Å². The van der Waals surface area contributed by atoms with Crippen molar-refractivity contribution in [3.05, 3.63) is 0 Å². The van der Waals surface area contributed by atoms with Crippen molar-refractivity contribution in [2.45, 2.75) is 27.2 Å². The Balaban J connectivity index is 2.40. The van der Waals surface area contributed by atoms with E-state index in [0.717, 1.165) is 31.5 Å². The number of carbonyl (C=O) groups is 1. The molecule has 1 rings (SSSR count). The lowest BCUT2D eigenvalue weighted by molar-refractivity contribution is -0.145. The Bertz CT molecular complexity index is 208. The van der Waals surface area contributed by atoms with E-state index in [2.05, 4.69) is 18.7 Å². The summed E-state index contributed by atoms with van der Waals surface area (Å²) in [5.74, 6) is 1.39. The van der Waals surface area contributed by atoms with Crippen LogP contribution in [0.5, 0.6) is 0 Å². The third-order valence-corrected chi connectivity index (χ3v) is 3.08. The maximum atomic E-state index is 11.3. The van der Waals surface area contributed by atoms with Gasteiger partial charge in [-0.25, -0.2) is 0 Å². The van der Waals surface area contributed by atoms with Crippen LogP contribution in [0.15, 0.2) is 0 Å². The SMILES string of the molecule is COC(=O)C(C)CN1CC(C)CC(C)C1. The van der Waals surface area contributed by atoms with Crippen LogP contribution in [0.1, 0.15) is 27.2 Å². The van der Waals surface area contributed by atoms with Crippen LogP contribution in [0.25, 0.3) is 0 Å². The number of nitrogens with zero attached hydrogens (tertiary/aromatic N) is 1. The van der Waals surface area contributed by atoms with Gasteiger partial charge >= 0.3 is 5.97 Å². The number of carbonyl (C=O) groups excluding carboxylic acids is 1. The van der Waals surface area contributed by atoms with Crippen LogP contribution in [0.3, 0.4) is 0 Å². The Hall–Kier alpha value is -0.570. The van der Waals surface area contributed by atoms with Gasteiger partial charge in [0.1, 0.15) is 0 Å². The third kappa shape index (κ3) is 3.82. The molecule has 88 valence electrons. The topological polar surface area (TPSA) is 29.5 Å². The van der Waals surface area contributed by atoms with Gasteiger partial charge in [0.25, 0.3) is 0 Å². The molecule has 0 aromatic heterocycles. The zero-order valence-electron chi connectivity index (χ0n) is 10.3. The molecule has 3 unspecified atom stereocenters. The molecule has 0 saturated carbocycles. The summed E-state index contributed by atoms with van der Waals surface area (Å²) in [6.45, 7) is 9.57. The van der Waals surface area contributed by atoms with Crippen molar-refractivity contribution < 1.29 is 9.53 Å². The van der Waals surface area contributed by atoms with Gasteiger partial charge in [0.15, 0.2) is 0 Å². The van der Waals surface area contributed by atoms with Crippen LogP contribution in [0, 0.1) is 17.8 Å². The number of hydrogen-bond donors (Lipinski definition) is 0. The quantitative estimate of drug-likeness (QED) is 0.669. The summed E-state index contributed by atoms with van der Waals surface area (Å²) < 4.78 is 4.74. The van der Waals surface area contributed by atoms with E-state index in [9.17, 15) is 4.79 Å². The minimum absolute atomic E-state index is 0.00694. The van der Waals surface area contributed by atoms with E-state index in [4.69, 9.17) is 4.74 Å². The average Bonchev–Trinajstić information content (AvgIpc) is 2.14. The Morgan fingerprint density at radius 1 is 1.40 bits per heavy atom. The number of likely N-dealkylation sites (tertiary alicyclic amines) is 1. The molecule has 0 aromatic rings. The molecule has 0 aromatic carbocycles. The third-order valence-electron chi connectivity index (χ3n) is 3.08. The molecule has 0 N–H and O–H groups in total. The van der Waals surface area contributed by atoms with Crippen LogP contribution in [-0.2, 0) is 9.53 Å². The van der Waals surface area contributed by atoms with E-state index in [1.807, 2.05) is 6.92 Å². The summed E-state index contributed by atoms with van der Waals surface area (Å²) in [4.78, 5) is 13.7. The van der Waals surface area contributed by atoms with E-state index >= 15 is 0 Å².